The molecule has 28 heavy (non-hydrogen) atoms. The van der Waals surface area contributed by atoms with Gasteiger partial charge in [0.25, 0.3) is 5.91 Å². The van der Waals surface area contributed by atoms with Gasteiger partial charge in [0.05, 0.1) is 12.7 Å². The van der Waals surface area contributed by atoms with Crippen molar-refractivity contribution in [1.82, 2.24) is 0 Å². The number of unbranched alkanes of at least 4 members (excludes halogenated alkanes) is 1. The van der Waals surface area contributed by atoms with Crippen LogP contribution in [0.2, 0.25) is 0 Å². The lowest BCUT2D eigenvalue weighted by Gasteiger charge is -2.10. The van der Waals surface area contributed by atoms with Gasteiger partial charge < -0.3 is 14.8 Å². The summed E-state index contributed by atoms with van der Waals surface area (Å²) < 4.78 is 11.2. The number of amides is 1. The van der Waals surface area contributed by atoms with Crippen LogP contribution in [0.5, 0.6) is 11.5 Å². The Labute approximate surface area is 166 Å². The highest BCUT2D eigenvalue weighted by Gasteiger charge is 2.10. The van der Waals surface area contributed by atoms with Crippen LogP contribution in [0, 0.1) is 11.3 Å². The predicted molar refractivity (Wildman–Crippen MR) is 111 cm³/mol. The molecular weight excluding hydrogens is 352 g/mol. The molecule has 0 unspecified atom stereocenters. The highest BCUT2D eigenvalue weighted by molar-refractivity contribution is 6.09. The molecule has 0 fully saturated rings. The number of ether oxygens (including phenoxy) is 2. The molecular formula is C23H26N2O3. The molecule has 0 spiro atoms. The second-order valence-electron chi connectivity index (χ2n) is 6.59. The van der Waals surface area contributed by atoms with Crippen LogP contribution in [0.1, 0.15) is 39.2 Å². The Hall–Kier alpha value is -3.26. The first-order valence-corrected chi connectivity index (χ1v) is 9.44. The molecule has 0 aliphatic rings. The Morgan fingerprint density at radius 3 is 2.32 bits per heavy atom. The third-order valence-electron chi connectivity index (χ3n) is 3.81. The monoisotopic (exact) mass is 378 g/mol. The van der Waals surface area contributed by atoms with Crippen molar-refractivity contribution in [3.05, 3.63) is 59.7 Å². The molecule has 0 radical (unpaired) electrons. The quantitative estimate of drug-likeness (QED) is 0.370. The molecule has 0 aliphatic heterocycles. The number of nitriles is 1. The number of rotatable bonds is 9. The van der Waals surface area contributed by atoms with Crippen molar-refractivity contribution >= 4 is 17.7 Å². The van der Waals surface area contributed by atoms with Crippen molar-refractivity contribution in [2.45, 2.75) is 39.7 Å². The van der Waals surface area contributed by atoms with Crippen LogP contribution in [-0.4, -0.2) is 18.6 Å². The van der Waals surface area contributed by atoms with E-state index in [9.17, 15) is 10.1 Å². The van der Waals surface area contributed by atoms with Gasteiger partial charge in [-0.25, -0.2) is 0 Å². The number of nitrogens with zero attached hydrogens (tertiary/aromatic N) is 1. The summed E-state index contributed by atoms with van der Waals surface area (Å²) in [5.74, 6) is 1.05. The Balaban J connectivity index is 2.01. The van der Waals surface area contributed by atoms with Gasteiger partial charge in [0, 0.05) is 5.69 Å². The first kappa shape index (κ1) is 21.0. The fourth-order valence-corrected chi connectivity index (χ4v) is 2.40. The molecule has 0 saturated carbocycles. The maximum absolute atomic E-state index is 12.4. The predicted octanol–water partition coefficient (Wildman–Crippen LogP) is 5.20. The number of anilines is 1. The average molecular weight is 378 g/mol. The molecule has 0 bridgehead atoms. The molecule has 146 valence electrons. The largest absolute Gasteiger partial charge is 0.494 e. The van der Waals surface area contributed by atoms with Gasteiger partial charge in [-0.05, 0) is 68.3 Å². The van der Waals surface area contributed by atoms with Gasteiger partial charge in [-0.1, -0.05) is 25.5 Å². The topological polar surface area (TPSA) is 71.3 Å². The Kier molecular flexibility index (Phi) is 8.11. The van der Waals surface area contributed by atoms with Crippen LogP contribution in [0.15, 0.2) is 54.1 Å². The van der Waals surface area contributed by atoms with Crippen molar-refractivity contribution in [2.75, 3.05) is 11.9 Å². The van der Waals surface area contributed by atoms with Gasteiger partial charge in [-0.15, -0.1) is 0 Å². The van der Waals surface area contributed by atoms with Gasteiger partial charge >= 0.3 is 0 Å². The smallest absolute Gasteiger partial charge is 0.266 e. The van der Waals surface area contributed by atoms with Gasteiger partial charge in [0.2, 0.25) is 0 Å². The van der Waals surface area contributed by atoms with E-state index in [1.165, 1.54) is 0 Å². The van der Waals surface area contributed by atoms with E-state index >= 15 is 0 Å². The van der Waals surface area contributed by atoms with Gasteiger partial charge in [-0.3, -0.25) is 4.79 Å². The lowest BCUT2D eigenvalue weighted by Crippen LogP contribution is -2.13. The number of benzene rings is 2. The number of hydrogen-bond acceptors (Lipinski definition) is 4. The second-order valence-corrected chi connectivity index (χ2v) is 6.59. The standard InChI is InChI=1S/C23H26N2O3/c1-4-5-14-27-21-10-6-18(7-11-21)15-19(16-24)23(26)25-20-8-12-22(13-9-20)28-17(2)3/h6-13,15,17H,4-5,14H2,1-3H3,(H,25,26)/b19-15+. The SMILES string of the molecule is CCCCOc1ccc(/C=C(\C#N)C(=O)Nc2ccc(OC(C)C)cc2)cc1. The van der Waals surface area contributed by atoms with E-state index in [4.69, 9.17) is 9.47 Å². The highest BCUT2D eigenvalue weighted by atomic mass is 16.5. The molecule has 0 atom stereocenters. The fourth-order valence-electron chi connectivity index (χ4n) is 2.40. The van der Waals surface area contributed by atoms with E-state index in [1.54, 1.807) is 30.3 Å². The van der Waals surface area contributed by atoms with E-state index in [2.05, 4.69) is 12.2 Å². The second kappa shape index (κ2) is 10.8. The zero-order valence-electron chi connectivity index (χ0n) is 16.6. The Morgan fingerprint density at radius 1 is 1.11 bits per heavy atom. The first-order valence-electron chi connectivity index (χ1n) is 9.44. The summed E-state index contributed by atoms with van der Waals surface area (Å²) in [4.78, 5) is 12.4. The van der Waals surface area contributed by atoms with Crippen LogP contribution >= 0.6 is 0 Å². The summed E-state index contributed by atoms with van der Waals surface area (Å²) in [5, 5.41) is 12.1. The Bertz CT molecular complexity index is 832. The molecule has 2 aromatic rings. The van der Waals surface area contributed by atoms with E-state index < -0.39 is 5.91 Å². The number of hydrogen-bond donors (Lipinski definition) is 1. The Morgan fingerprint density at radius 2 is 1.75 bits per heavy atom. The minimum Gasteiger partial charge on any atom is -0.494 e. The van der Waals surface area contributed by atoms with Gasteiger partial charge in [0.1, 0.15) is 23.1 Å². The molecule has 5 heteroatoms. The van der Waals surface area contributed by atoms with Crippen molar-refractivity contribution in [2.24, 2.45) is 0 Å². The van der Waals surface area contributed by atoms with Crippen LogP contribution in [0.25, 0.3) is 6.08 Å². The molecule has 1 amide bonds. The summed E-state index contributed by atoms with van der Waals surface area (Å²) in [6, 6.07) is 16.3. The number of nitrogens with one attached hydrogen (secondary N) is 1. The minimum atomic E-state index is -0.455. The maximum atomic E-state index is 12.4. The summed E-state index contributed by atoms with van der Waals surface area (Å²) in [6.07, 6.45) is 3.72. The average Bonchev–Trinajstić information content (AvgIpc) is 2.68. The van der Waals surface area contributed by atoms with Gasteiger partial charge in [-0.2, -0.15) is 5.26 Å². The van der Waals surface area contributed by atoms with E-state index in [0.717, 1.165) is 29.9 Å². The molecule has 0 heterocycles. The van der Waals surface area contributed by atoms with Crippen molar-refractivity contribution in [1.29, 1.82) is 5.26 Å². The van der Waals surface area contributed by atoms with Crippen LogP contribution in [0.4, 0.5) is 5.69 Å². The van der Waals surface area contributed by atoms with Gasteiger partial charge in [0.15, 0.2) is 0 Å². The molecule has 0 aromatic heterocycles. The minimum absolute atomic E-state index is 0.0298. The van der Waals surface area contributed by atoms with Crippen LogP contribution < -0.4 is 14.8 Å². The molecule has 5 nitrogen and oxygen atoms in total. The highest BCUT2D eigenvalue weighted by Crippen LogP contribution is 2.19. The maximum Gasteiger partial charge on any atom is 0.266 e. The number of carbonyl (C=O) groups excluding carboxylic acids is 1. The lowest BCUT2D eigenvalue weighted by molar-refractivity contribution is -0.112. The zero-order valence-corrected chi connectivity index (χ0v) is 16.6. The molecule has 0 saturated heterocycles. The normalized spacial score (nSPS) is 11.0. The fraction of sp³-hybridized carbons (Fsp3) is 0.304. The van der Waals surface area contributed by atoms with E-state index in [-0.39, 0.29) is 11.7 Å². The molecule has 2 aromatic carbocycles. The van der Waals surface area contributed by atoms with Crippen molar-refractivity contribution < 1.29 is 14.3 Å². The lowest BCUT2D eigenvalue weighted by atomic mass is 10.1. The summed E-state index contributed by atoms with van der Waals surface area (Å²) in [7, 11) is 0. The summed E-state index contributed by atoms with van der Waals surface area (Å²) in [6.45, 7) is 6.69. The van der Waals surface area contributed by atoms with Crippen molar-refractivity contribution in [3.8, 4) is 17.6 Å². The number of carbonyl (C=O) groups is 1. The summed E-state index contributed by atoms with van der Waals surface area (Å²) in [5.41, 5.74) is 1.39. The molecule has 0 aliphatic carbocycles. The van der Waals surface area contributed by atoms with Crippen LogP contribution in [0.3, 0.4) is 0 Å². The third kappa shape index (κ3) is 6.81. The molecule has 2 rings (SSSR count). The molecule has 1 N–H and O–H groups in total. The first-order chi connectivity index (χ1) is 13.5. The van der Waals surface area contributed by atoms with Crippen molar-refractivity contribution in [3.63, 3.8) is 0 Å². The summed E-state index contributed by atoms with van der Waals surface area (Å²) >= 11 is 0. The third-order valence-corrected chi connectivity index (χ3v) is 3.81. The zero-order chi connectivity index (χ0) is 20.4. The van der Waals surface area contributed by atoms with E-state index in [1.807, 2.05) is 44.2 Å². The van der Waals surface area contributed by atoms with Crippen LogP contribution in [-0.2, 0) is 4.79 Å². The van der Waals surface area contributed by atoms with E-state index in [0.29, 0.717) is 12.3 Å².